The molecule has 0 bridgehead atoms. The number of nitrogens with one attached hydrogen (secondary N) is 1. The van der Waals surface area contributed by atoms with Gasteiger partial charge in [-0.05, 0) is 31.5 Å². The van der Waals surface area contributed by atoms with Crippen molar-refractivity contribution in [2.24, 2.45) is 0 Å². The SMILES string of the molecule is Cc1nn(-c2ccccc2)c2sc(C(=O)N[C@H]3C[C@H]4C(=O)N(C)C(=O)N4C3)cc12. The summed E-state index contributed by atoms with van der Waals surface area (Å²) in [7, 11) is 1.49. The molecule has 29 heavy (non-hydrogen) atoms. The predicted molar refractivity (Wildman–Crippen MR) is 108 cm³/mol. The number of para-hydroxylation sites is 1. The van der Waals surface area contributed by atoms with E-state index in [2.05, 4.69) is 10.4 Å². The standard InChI is InChI=1S/C20H19N5O3S/c1-11-14-9-16(29-19(14)25(22-11)13-6-4-3-5-7-13)17(26)21-12-8-15-18(27)23(2)20(28)24(15)10-12/h3-7,9,12,15H,8,10H2,1-2H3,(H,21,26)/t12-,15-/m0/s1. The molecule has 2 aliphatic heterocycles. The van der Waals surface area contributed by atoms with Crippen LogP contribution in [0.1, 0.15) is 21.8 Å². The molecule has 0 unspecified atom stereocenters. The highest BCUT2D eigenvalue weighted by Gasteiger charge is 2.49. The number of amides is 4. The monoisotopic (exact) mass is 409 g/mol. The van der Waals surface area contributed by atoms with Crippen LogP contribution in [0, 0.1) is 6.92 Å². The summed E-state index contributed by atoms with van der Waals surface area (Å²) in [6, 6.07) is 10.7. The summed E-state index contributed by atoms with van der Waals surface area (Å²) >= 11 is 1.39. The van der Waals surface area contributed by atoms with Crippen LogP contribution in [0.4, 0.5) is 4.79 Å². The number of likely N-dealkylation sites (N-methyl/N-ethyl adjacent to an activating group) is 1. The van der Waals surface area contributed by atoms with Crippen molar-refractivity contribution in [3.05, 3.63) is 47.0 Å². The van der Waals surface area contributed by atoms with Gasteiger partial charge in [0, 0.05) is 25.0 Å². The van der Waals surface area contributed by atoms with Gasteiger partial charge in [-0.2, -0.15) is 5.10 Å². The van der Waals surface area contributed by atoms with Crippen molar-refractivity contribution >= 4 is 39.4 Å². The van der Waals surface area contributed by atoms with Crippen LogP contribution in [-0.4, -0.2) is 63.1 Å². The number of imide groups is 1. The molecule has 2 fully saturated rings. The molecule has 8 nitrogen and oxygen atoms in total. The second-order valence-corrected chi connectivity index (χ2v) is 8.45. The maximum absolute atomic E-state index is 12.8. The van der Waals surface area contributed by atoms with Crippen molar-refractivity contribution in [2.45, 2.75) is 25.4 Å². The molecule has 1 aromatic carbocycles. The van der Waals surface area contributed by atoms with Gasteiger partial charge in [0.1, 0.15) is 10.9 Å². The van der Waals surface area contributed by atoms with E-state index in [-0.39, 0.29) is 23.9 Å². The molecule has 0 spiro atoms. The first-order valence-corrected chi connectivity index (χ1v) is 10.2. The maximum atomic E-state index is 12.8. The molecule has 0 saturated carbocycles. The Bertz CT molecular complexity index is 1130. The highest BCUT2D eigenvalue weighted by molar-refractivity contribution is 7.20. The number of benzene rings is 1. The highest BCUT2D eigenvalue weighted by atomic mass is 32.1. The van der Waals surface area contributed by atoms with Crippen molar-refractivity contribution < 1.29 is 14.4 Å². The number of hydrogen-bond acceptors (Lipinski definition) is 5. The molecule has 3 aromatic rings. The normalized spacial score (nSPS) is 21.3. The first kappa shape index (κ1) is 17.9. The topological polar surface area (TPSA) is 87.5 Å². The molecule has 2 aliphatic rings. The smallest absolute Gasteiger partial charge is 0.327 e. The minimum absolute atomic E-state index is 0.190. The van der Waals surface area contributed by atoms with Crippen molar-refractivity contribution in [1.82, 2.24) is 24.9 Å². The lowest BCUT2D eigenvalue weighted by Crippen LogP contribution is -2.39. The van der Waals surface area contributed by atoms with Crippen LogP contribution in [0.15, 0.2) is 36.4 Å². The third-order valence-corrected chi connectivity index (χ3v) is 6.66. The first-order valence-electron chi connectivity index (χ1n) is 9.37. The summed E-state index contributed by atoms with van der Waals surface area (Å²) in [5, 5.41) is 8.53. The van der Waals surface area contributed by atoms with Gasteiger partial charge in [0.25, 0.3) is 11.8 Å². The molecule has 148 valence electrons. The molecular formula is C20H19N5O3S. The zero-order chi connectivity index (χ0) is 20.3. The van der Waals surface area contributed by atoms with E-state index in [1.165, 1.54) is 23.3 Å². The van der Waals surface area contributed by atoms with Gasteiger partial charge in [-0.25, -0.2) is 9.48 Å². The Morgan fingerprint density at radius 1 is 1.24 bits per heavy atom. The first-order chi connectivity index (χ1) is 13.9. The van der Waals surface area contributed by atoms with Crippen LogP contribution >= 0.6 is 11.3 Å². The highest BCUT2D eigenvalue weighted by Crippen LogP contribution is 2.31. The van der Waals surface area contributed by atoms with E-state index in [0.29, 0.717) is 17.8 Å². The number of hydrogen-bond donors (Lipinski definition) is 1. The molecule has 2 atom stereocenters. The van der Waals surface area contributed by atoms with Crippen LogP contribution in [0.25, 0.3) is 15.9 Å². The zero-order valence-corrected chi connectivity index (χ0v) is 16.8. The molecule has 2 aromatic heterocycles. The minimum Gasteiger partial charge on any atom is -0.347 e. The minimum atomic E-state index is -0.464. The summed E-state index contributed by atoms with van der Waals surface area (Å²) in [6.07, 6.45) is 0.447. The third kappa shape index (κ3) is 2.72. The molecule has 9 heteroatoms. The van der Waals surface area contributed by atoms with Crippen LogP contribution in [0.2, 0.25) is 0 Å². The lowest BCUT2D eigenvalue weighted by atomic mass is 10.1. The summed E-state index contributed by atoms with van der Waals surface area (Å²) in [4.78, 5) is 41.3. The van der Waals surface area contributed by atoms with Crippen molar-refractivity contribution in [3.8, 4) is 5.69 Å². The number of fused-ring (bicyclic) bond motifs is 2. The van der Waals surface area contributed by atoms with Crippen LogP contribution < -0.4 is 5.32 Å². The van der Waals surface area contributed by atoms with E-state index in [4.69, 9.17) is 0 Å². The Kier molecular flexibility index (Phi) is 3.95. The molecule has 4 amide bonds. The van der Waals surface area contributed by atoms with Gasteiger partial charge < -0.3 is 10.2 Å². The van der Waals surface area contributed by atoms with Crippen molar-refractivity contribution in [2.75, 3.05) is 13.6 Å². The van der Waals surface area contributed by atoms with Crippen molar-refractivity contribution in [3.63, 3.8) is 0 Å². The Morgan fingerprint density at radius 2 is 2.00 bits per heavy atom. The van der Waals surface area contributed by atoms with Gasteiger partial charge in [0.15, 0.2) is 0 Å². The van der Waals surface area contributed by atoms with E-state index in [1.54, 1.807) is 0 Å². The fraction of sp³-hybridized carbons (Fsp3) is 0.300. The number of rotatable bonds is 3. The van der Waals surface area contributed by atoms with Crippen LogP contribution in [0.5, 0.6) is 0 Å². The molecule has 0 radical (unpaired) electrons. The van der Waals surface area contributed by atoms with Gasteiger partial charge in [-0.1, -0.05) is 18.2 Å². The molecule has 2 saturated heterocycles. The molecule has 5 rings (SSSR count). The summed E-state index contributed by atoms with van der Waals surface area (Å²) in [6.45, 7) is 2.28. The number of urea groups is 1. The Morgan fingerprint density at radius 3 is 2.72 bits per heavy atom. The second-order valence-electron chi connectivity index (χ2n) is 7.42. The number of aromatic nitrogens is 2. The zero-order valence-electron chi connectivity index (χ0n) is 16.0. The van der Waals surface area contributed by atoms with Gasteiger partial charge in [0.2, 0.25) is 0 Å². The van der Waals surface area contributed by atoms with Crippen LogP contribution in [0.3, 0.4) is 0 Å². The number of nitrogens with zero attached hydrogens (tertiary/aromatic N) is 4. The van der Waals surface area contributed by atoms with E-state index in [9.17, 15) is 14.4 Å². The third-order valence-electron chi connectivity index (χ3n) is 5.55. The molecule has 1 N–H and O–H groups in total. The quantitative estimate of drug-likeness (QED) is 0.672. The van der Waals surface area contributed by atoms with Gasteiger partial charge in [-0.3, -0.25) is 14.5 Å². The maximum Gasteiger partial charge on any atom is 0.327 e. The Labute approximate surface area is 170 Å². The molecular weight excluding hydrogens is 390 g/mol. The number of carbonyl (C=O) groups excluding carboxylic acids is 3. The average Bonchev–Trinajstić information content (AvgIpc) is 3.45. The van der Waals surface area contributed by atoms with E-state index in [0.717, 1.165) is 26.5 Å². The van der Waals surface area contributed by atoms with Crippen molar-refractivity contribution in [1.29, 1.82) is 0 Å². The summed E-state index contributed by atoms with van der Waals surface area (Å²) in [5.74, 6) is -0.392. The summed E-state index contributed by atoms with van der Waals surface area (Å²) < 4.78 is 1.85. The molecule has 0 aliphatic carbocycles. The second kappa shape index (κ2) is 6.41. The lowest BCUT2D eigenvalue weighted by Gasteiger charge is -2.15. The number of thiophene rings is 1. The average molecular weight is 409 g/mol. The number of carbonyl (C=O) groups is 3. The number of aryl methyl sites for hydroxylation is 1. The van der Waals surface area contributed by atoms with Gasteiger partial charge in [0.05, 0.1) is 16.3 Å². The van der Waals surface area contributed by atoms with Crippen LogP contribution in [-0.2, 0) is 4.79 Å². The Hall–Kier alpha value is -3.20. The Balaban J connectivity index is 1.37. The lowest BCUT2D eigenvalue weighted by molar-refractivity contribution is -0.127. The summed E-state index contributed by atoms with van der Waals surface area (Å²) in [5.41, 5.74) is 1.80. The fourth-order valence-electron chi connectivity index (χ4n) is 4.06. The van der Waals surface area contributed by atoms with E-state index < -0.39 is 6.04 Å². The van der Waals surface area contributed by atoms with Gasteiger partial charge in [-0.15, -0.1) is 11.3 Å². The predicted octanol–water partition coefficient (Wildman–Crippen LogP) is 2.16. The fourth-order valence-corrected chi connectivity index (χ4v) is 5.14. The largest absolute Gasteiger partial charge is 0.347 e. The molecule has 4 heterocycles. The van der Waals surface area contributed by atoms with E-state index in [1.807, 2.05) is 48.0 Å². The van der Waals surface area contributed by atoms with Gasteiger partial charge >= 0.3 is 6.03 Å². The van der Waals surface area contributed by atoms with E-state index >= 15 is 0 Å².